The Morgan fingerprint density at radius 1 is 1.05 bits per heavy atom. The summed E-state index contributed by atoms with van der Waals surface area (Å²) >= 11 is 0. The van der Waals surface area contributed by atoms with E-state index in [2.05, 4.69) is 26.6 Å². The lowest BCUT2D eigenvalue weighted by molar-refractivity contribution is 0.0950. The summed E-state index contributed by atoms with van der Waals surface area (Å²) in [6, 6.07) is 16.9. The number of rotatable bonds is 8. The summed E-state index contributed by atoms with van der Waals surface area (Å²) in [6.45, 7) is 2.89. The van der Waals surface area contributed by atoms with E-state index in [1.807, 2.05) is 30.3 Å². The lowest BCUT2D eigenvalue weighted by Crippen LogP contribution is -2.52. The van der Waals surface area contributed by atoms with Gasteiger partial charge in [-0.3, -0.25) is 14.1 Å². The zero-order valence-electron chi connectivity index (χ0n) is 23.7. The van der Waals surface area contributed by atoms with Gasteiger partial charge < -0.3 is 20.6 Å². The molecule has 1 aromatic carbocycles. The molecule has 11 nitrogen and oxygen atoms in total. The molecule has 2 fully saturated rings. The fourth-order valence-electron chi connectivity index (χ4n) is 5.96. The number of sulfonamides is 1. The summed E-state index contributed by atoms with van der Waals surface area (Å²) in [5.74, 6) is 0.274. The number of aromatic nitrogens is 3. The fourth-order valence-corrected chi connectivity index (χ4v) is 7.25. The van der Waals surface area contributed by atoms with Gasteiger partial charge in [-0.15, -0.1) is 0 Å². The third kappa shape index (κ3) is 5.53. The van der Waals surface area contributed by atoms with Crippen molar-refractivity contribution in [2.45, 2.75) is 31.3 Å². The van der Waals surface area contributed by atoms with E-state index in [9.17, 15) is 13.2 Å². The normalized spacial score (nSPS) is 17.3. The maximum atomic E-state index is 13.0. The van der Waals surface area contributed by atoms with Crippen LogP contribution in [0.25, 0.3) is 22.3 Å². The molecule has 1 saturated carbocycles. The Hall–Kier alpha value is -4.13. The monoisotopic (exact) mass is 599 g/mol. The molecule has 12 heteroatoms. The Labute approximate surface area is 250 Å². The predicted octanol–water partition coefficient (Wildman–Crippen LogP) is 2.25. The number of aliphatic hydroxyl groups is 1. The Kier molecular flexibility index (Phi) is 6.99. The molecule has 5 heterocycles. The molecule has 0 atom stereocenters. The molecule has 1 aliphatic carbocycles. The van der Waals surface area contributed by atoms with Gasteiger partial charge in [-0.25, -0.2) is 18.4 Å². The quantitative estimate of drug-likeness (QED) is 0.278. The number of amides is 1. The maximum Gasteiger partial charge on any atom is 0.251 e. The molecular weight excluding hydrogens is 566 g/mol. The molecule has 1 amide bonds. The van der Waals surface area contributed by atoms with Gasteiger partial charge in [-0.2, -0.15) is 0 Å². The van der Waals surface area contributed by atoms with Gasteiger partial charge in [0, 0.05) is 48.9 Å². The van der Waals surface area contributed by atoms with Gasteiger partial charge in [0.25, 0.3) is 5.91 Å². The fraction of sp³-hybridized carbons (Fsp3) is 0.355. The number of pyridine rings is 3. The van der Waals surface area contributed by atoms with Gasteiger partial charge in [0.05, 0.1) is 47.2 Å². The largest absolute Gasteiger partial charge is 0.395 e. The number of carbonyl (C=O) groups excluding carboxylic acids is 1. The van der Waals surface area contributed by atoms with Crippen molar-refractivity contribution in [3.63, 3.8) is 0 Å². The minimum Gasteiger partial charge on any atom is -0.395 e. The standard InChI is InChI=1S/C31H33N7O4S/c39-14-15-43(41,42)38-12-8-21-4-5-22(16-28(21)38)30(40)33-19-24-17-27-23(18-32-24)6-7-26(35-27)25-2-1-3-29(36-25)37-13-11-34-31(20-37)9-10-31/h1-7,16-18,34,39H,8-15,19-20H2,(H,33,40). The first-order valence-electron chi connectivity index (χ1n) is 14.6. The molecule has 1 spiro atoms. The molecule has 1 saturated heterocycles. The molecule has 0 bridgehead atoms. The summed E-state index contributed by atoms with van der Waals surface area (Å²) in [6.07, 6.45) is 4.74. The van der Waals surface area contributed by atoms with Crippen molar-refractivity contribution in [1.29, 1.82) is 0 Å². The van der Waals surface area contributed by atoms with Crippen LogP contribution in [0.4, 0.5) is 11.5 Å². The van der Waals surface area contributed by atoms with Crippen molar-refractivity contribution in [3.8, 4) is 11.4 Å². The molecule has 222 valence electrons. The van der Waals surface area contributed by atoms with Crippen LogP contribution in [0.15, 0.2) is 60.8 Å². The summed E-state index contributed by atoms with van der Waals surface area (Å²) < 4.78 is 26.4. The van der Waals surface area contributed by atoms with Crippen LogP contribution in [0.1, 0.15) is 34.5 Å². The zero-order valence-corrected chi connectivity index (χ0v) is 24.5. The van der Waals surface area contributed by atoms with Crippen molar-refractivity contribution in [2.75, 3.05) is 47.7 Å². The van der Waals surface area contributed by atoms with Crippen molar-refractivity contribution in [3.05, 3.63) is 77.6 Å². The van der Waals surface area contributed by atoms with E-state index >= 15 is 0 Å². The van der Waals surface area contributed by atoms with Crippen molar-refractivity contribution in [1.82, 2.24) is 25.6 Å². The molecule has 7 rings (SSSR count). The maximum absolute atomic E-state index is 13.0. The zero-order chi connectivity index (χ0) is 29.6. The Bertz CT molecular complexity index is 1830. The molecule has 43 heavy (non-hydrogen) atoms. The molecule has 0 unspecified atom stereocenters. The van der Waals surface area contributed by atoms with Crippen LogP contribution in [0.3, 0.4) is 0 Å². The smallest absolute Gasteiger partial charge is 0.251 e. The molecule has 3 N–H and O–H groups in total. The van der Waals surface area contributed by atoms with Crippen molar-refractivity contribution in [2.24, 2.45) is 0 Å². The van der Waals surface area contributed by atoms with E-state index in [0.29, 0.717) is 29.9 Å². The van der Waals surface area contributed by atoms with E-state index in [0.717, 1.165) is 53.3 Å². The molecule has 3 aliphatic rings. The van der Waals surface area contributed by atoms with E-state index < -0.39 is 16.6 Å². The van der Waals surface area contributed by atoms with Gasteiger partial charge in [0.15, 0.2) is 0 Å². The number of fused-ring (bicyclic) bond motifs is 2. The molecule has 3 aromatic heterocycles. The third-order valence-electron chi connectivity index (χ3n) is 8.50. The second-order valence-corrected chi connectivity index (χ2v) is 13.5. The third-order valence-corrected chi connectivity index (χ3v) is 10.2. The van der Waals surface area contributed by atoms with Crippen LogP contribution in [0, 0.1) is 0 Å². The van der Waals surface area contributed by atoms with E-state index in [1.165, 1.54) is 17.1 Å². The number of nitrogens with zero attached hydrogens (tertiary/aromatic N) is 5. The van der Waals surface area contributed by atoms with Gasteiger partial charge >= 0.3 is 0 Å². The van der Waals surface area contributed by atoms with Gasteiger partial charge in [-0.1, -0.05) is 12.1 Å². The average molecular weight is 600 g/mol. The highest BCUT2D eigenvalue weighted by molar-refractivity contribution is 7.92. The van der Waals surface area contributed by atoms with Crippen LogP contribution in [0.2, 0.25) is 0 Å². The molecular formula is C31H33N7O4S. The lowest BCUT2D eigenvalue weighted by Gasteiger charge is -2.35. The van der Waals surface area contributed by atoms with Crippen LogP contribution in [0.5, 0.6) is 0 Å². The van der Waals surface area contributed by atoms with Gasteiger partial charge in [0.2, 0.25) is 10.0 Å². The second kappa shape index (κ2) is 10.9. The van der Waals surface area contributed by atoms with Crippen molar-refractivity contribution < 1.29 is 18.3 Å². The summed E-state index contributed by atoms with van der Waals surface area (Å²) in [7, 11) is -3.65. The average Bonchev–Trinajstić information content (AvgIpc) is 3.61. The van der Waals surface area contributed by atoms with Crippen LogP contribution in [-0.4, -0.2) is 78.5 Å². The number of nitrogens with one attached hydrogen (secondary N) is 2. The van der Waals surface area contributed by atoms with Crippen LogP contribution >= 0.6 is 0 Å². The first-order chi connectivity index (χ1) is 20.8. The highest BCUT2D eigenvalue weighted by Gasteiger charge is 2.45. The number of aliphatic hydroxyl groups excluding tert-OH is 1. The number of piperazine rings is 1. The van der Waals surface area contributed by atoms with Crippen LogP contribution < -0.4 is 19.8 Å². The number of benzene rings is 1. The minimum atomic E-state index is -3.65. The predicted molar refractivity (Wildman–Crippen MR) is 164 cm³/mol. The lowest BCUT2D eigenvalue weighted by atomic mass is 10.1. The number of carbonyl (C=O) groups is 1. The number of anilines is 2. The Balaban J connectivity index is 1.06. The Morgan fingerprint density at radius 2 is 1.91 bits per heavy atom. The first kappa shape index (κ1) is 27.7. The number of hydrogen-bond acceptors (Lipinski definition) is 9. The van der Waals surface area contributed by atoms with Gasteiger partial charge in [-0.05, 0) is 67.3 Å². The van der Waals surface area contributed by atoms with Crippen LogP contribution in [-0.2, 0) is 23.0 Å². The summed E-state index contributed by atoms with van der Waals surface area (Å²) in [5, 5.41) is 16.6. The molecule has 4 aromatic rings. The molecule has 2 aliphatic heterocycles. The van der Waals surface area contributed by atoms with Gasteiger partial charge in [0.1, 0.15) is 5.82 Å². The Morgan fingerprint density at radius 3 is 2.74 bits per heavy atom. The SMILES string of the molecule is O=C(NCc1cc2nc(-c3cccc(N4CCNC5(CC5)C4)n3)ccc2cn1)c1ccc2c(c1)N(S(=O)(=O)CCO)CC2. The van der Waals surface area contributed by atoms with E-state index in [1.54, 1.807) is 24.4 Å². The topological polar surface area (TPSA) is 141 Å². The minimum absolute atomic E-state index is 0.183. The van der Waals surface area contributed by atoms with E-state index in [4.69, 9.17) is 15.1 Å². The number of hydrogen-bond donors (Lipinski definition) is 3. The van der Waals surface area contributed by atoms with Crippen molar-refractivity contribution >= 4 is 38.3 Å². The highest BCUT2D eigenvalue weighted by Crippen LogP contribution is 2.38. The molecule has 0 radical (unpaired) electrons. The highest BCUT2D eigenvalue weighted by atomic mass is 32.2. The summed E-state index contributed by atoms with van der Waals surface area (Å²) in [5.41, 5.74) is 4.94. The second-order valence-electron chi connectivity index (χ2n) is 11.5. The van der Waals surface area contributed by atoms with E-state index in [-0.39, 0.29) is 23.7 Å². The first-order valence-corrected chi connectivity index (χ1v) is 16.2. The summed E-state index contributed by atoms with van der Waals surface area (Å²) in [4.78, 5) is 29.7.